The van der Waals surface area contributed by atoms with Crippen molar-refractivity contribution < 1.29 is 18.9 Å². The third kappa shape index (κ3) is 6.68. The Labute approximate surface area is 106 Å². The Kier molecular flexibility index (Phi) is 9.21. The summed E-state index contributed by atoms with van der Waals surface area (Å²) in [4.78, 5) is 0. The Morgan fingerprint density at radius 1 is 1.29 bits per heavy atom. The standard InChI is InChI=1S/C12H25O4P/c1-2-3-4-5-6-8-15-17-16-11-7-9-14-12(11)10-13/h11-13,17H,2-10H2,1H3. The molecular formula is C12H25O4P. The molecular weight excluding hydrogens is 239 g/mol. The van der Waals surface area contributed by atoms with Gasteiger partial charge in [-0.1, -0.05) is 32.6 Å². The second-order valence-corrected chi connectivity index (χ2v) is 5.07. The predicted molar refractivity (Wildman–Crippen MR) is 69.3 cm³/mol. The highest BCUT2D eigenvalue weighted by molar-refractivity contribution is 7.26. The summed E-state index contributed by atoms with van der Waals surface area (Å²) in [5.74, 6) is 0. The van der Waals surface area contributed by atoms with Crippen molar-refractivity contribution in [2.75, 3.05) is 19.8 Å². The fraction of sp³-hybridized carbons (Fsp3) is 1.00. The van der Waals surface area contributed by atoms with Crippen LogP contribution in [0.1, 0.15) is 45.4 Å². The summed E-state index contributed by atoms with van der Waals surface area (Å²) in [6, 6.07) is 0. The van der Waals surface area contributed by atoms with Gasteiger partial charge in [-0.2, -0.15) is 0 Å². The molecule has 0 aromatic rings. The second kappa shape index (κ2) is 10.2. The normalized spacial score (nSPS) is 25.1. The van der Waals surface area contributed by atoms with Gasteiger partial charge in [0.05, 0.1) is 19.3 Å². The number of unbranched alkanes of at least 4 members (excludes halogenated alkanes) is 4. The highest BCUT2D eigenvalue weighted by Crippen LogP contribution is 2.26. The van der Waals surface area contributed by atoms with Crippen LogP contribution in [0.25, 0.3) is 0 Å². The average molecular weight is 264 g/mol. The van der Waals surface area contributed by atoms with Crippen molar-refractivity contribution in [3.63, 3.8) is 0 Å². The van der Waals surface area contributed by atoms with Crippen molar-refractivity contribution in [2.45, 2.75) is 57.7 Å². The van der Waals surface area contributed by atoms with Crippen LogP contribution in [0.2, 0.25) is 0 Å². The molecule has 4 nitrogen and oxygen atoms in total. The number of aliphatic hydroxyl groups is 1. The smallest absolute Gasteiger partial charge is 0.155 e. The van der Waals surface area contributed by atoms with E-state index in [0.717, 1.165) is 19.4 Å². The Morgan fingerprint density at radius 2 is 2.12 bits per heavy atom. The number of hydrogen-bond acceptors (Lipinski definition) is 4. The predicted octanol–water partition coefficient (Wildman–Crippen LogP) is 2.65. The molecule has 3 unspecified atom stereocenters. The van der Waals surface area contributed by atoms with Crippen LogP contribution < -0.4 is 0 Å². The molecule has 102 valence electrons. The minimum Gasteiger partial charge on any atom is -0.394 e. The Bertz CT molecular complexity index is 180. The number of hydrogen-bond donors (Lipinski definition) is 1. The molecule has 1 N–H and O–H groups in total. The van der Waals surface area contributed by atoms with Gasteiger partial charge in [0.2, 0.25) is 0 Å². The van der Waals surface area contributed by atoms with Crippen LogP contribution in [0, 0.1) is 0 Å². The lowest BCUT2D eigenvalue weighted by molar-refractivity contribution is 0.0137. The molecule has 0 bridgehead atoms. The van der Waals surface area contributed by atoms with E-state index in [1.54, 1.807) is 0 Å². The summed E-state index contributed by atoms with van der Waals surface area (Å²) >= 11 is 0. The SMILES string of the molecule is CCCCCCCOPOC1CCOC1CO. The Balaban J connectivity index is 1.87. The van der Waals surface area contributed by atoms with E-state index in [1.807, 2.05) is 0 Å². The first-order valence-corrected chi connectivity index (χ1v) is 7.45. The quantitative estimate of drug-likeness (QED) is 0.487. The maximum atomic E-state index is 9.02. The van der Waals surface area contributed by atoms with Crippen LogP contribution in [0.3, 0.4) is 0 Å². The second-order valence-electron chi connectivity index (χ2n) is 4.38. The van der Waals surface area contributed by atoms with Crippen molar-refractivity contribution in [2.24, 2.45) is 0 Å². The number of aliphatic hydroxyl groups excluding tert-OH is 1. The summed E-state index contributed by atoms with van der Waals surface area (Å²) in [6.45, 7) is 3.70. The molecule has 1 heterocycles. The highest BCUT2D eigenvalue weighted by atomic mass is 31.1. The van der Waals surface area contributed by atoms with E-state index in [2.05, 4.69) is 6.92 Å². The lowest BCUT2D eigenvalue weighted by Crippen LogP contribution is -2.25. The van der Waals surface area contributed by atoms with Crippen LogP contribution in [0.5, 0.6) is 0 Å². The van der Waals surface area contributed by atoms with Gasteiger partial charge in [-0.3, -0.25) is 0 Å². The minimum absolute atomic E-state index is 0.0124. The van der Waals surface area contributed by atoms with Gasteiger partial charge < -0.3 is 18.9 Å². The summed E-state index contributed by atoms with van der Waals surface area (Å²) in [5, 5.41) is 9.02. The van der Waals surface area contributed by atoms with E-state index in [-0.39, 0.29) is 27.8 Å². The highest BCUT2D eigenvalue weighted by Gasteiger charge is 2.28. The maximum absolute atomic E-state index is 9.02. The topological polar surface area (TPSA) is 47.9 Å². The summed E-state index contributed by atoms with van der Waals surface area (Å²) in [7, 11) is 0.0762. The van der Waals surface area contributed by atoms with Crippen LogP contribution in [-0.2, 0) is 13.8 Å². The van der Waals surface area contributed by atoms with Crippen molar-refractivity contribution >= 4 is 9.03 Å². The van der Waals surface area contributed by atoms with Gasteiger partial charge in [0, 0.05) is 13.0 Å². The third-order valence-corrected chi connectivity index (χ3v) is 3.66. The van der Waals surface area contributed by atoms with E-state index in [4.69, 9.17) is 18.9 Å². The molecule has 0 spiro atoms. The van der Waals surface area contributed by atoms with Gasteiger partial charge in [-0.25, -0.2) is 0 Å². The van der Waals surface area contributed by atoms with Gasteiger partial charge in [0.15, 0.2) is 9.03 Å². The average Bonchev–Trinajstić information content (AvgIpc) is 2.80. The molecule has 0 amide bonds. The molecule has 1 saturated heterocycles. The first-order valence-electron chi connectivity index (χ1n) is 6.63. The minimum atomic E-state index is -0.157. The Hall–Kier alpha value is 0.270. The molecule has 1 rings (SSSR count). The third-order valence-electron chi connectivity index (χ3n) is 2.94. The molecule has 3 atom stereocenters. The molecule has 0 aliphatic carbocycles. The van der Waals surface area contributed by atoms with Crippen LogP contribution in [0.4, 0.5) is 0 Å². The summed E-state index contributed by atoms with van der Waals surface area (Å²) in [6.07, 6.45) is 6.96. The van der Waals surface area contributed by atoms with E-state index in [9.17, 15) is 0 Å². The van der Waals surface area contributed by atoms with Gasteiger partial charge >= 0.3 is 0 Å². The molecule has 1 aliphatic rings. The lowest BCUT2D eigenvalue weighted by Gasteiger charge is -2.16. The van der Waals surface area contributed by atoms with E-state index in [0.29, 0.717) is 6.61 Å². The van der Waals surface area contributed by atoms with E-state index in [1.165, 1.54) is 25.7 Å². The fourth-order valence-corrected chi connectivity index (χ4v) is 2.54. The van der Waals surface area contributed by atoms with Gasteiger partial charge in [0.25, 0.3) is 0 Å². The monoisotopic (exact) mass is 264 g/mol. The van der Waals surface area contributed by atoms with E-state index >= 15 is 0 Å². The summed E-state index contributed by atoms with van der Waals surface area (Å²) < 4.78 is 16.3. The molecule has 0 saturated carbocycles. The molecule has 0 radical (unpaired) electrons. The number of ether oxygens (including phenoxy) is 1. The molecule has 0 aromatic heterocycles. The number of rotatable bonds is 10. The molecule has 0 aromatic carbocycles. The fourth-order valence-electron chi connectivity index (χ4n) is 1.85. The van der Waals surface area contributed by atoms with Crippen LogP contribution in [0.15, 0.2) is 0 Å². The van der Waals surface area contributed by atoms with Gasteiger partial charge in [-0.05, 0) is 6.42 Å². The van der Waals surface area contributed by atoms with Crippen LogP contribution in [-0.4, -0.2) is 37.1 Å². The molecule has 17 heavy (non-hydrogen) atoms. The first kappa shape index (κ1) is 15.3. The van der Waals surface area contributed by atoms with Crippen molar-refractivity contribution in [3.05, 3.63) is 0 Å². The maximum Gasteiger partial charge on any atom is 0.155 e. The molecule has 5 heteroatoms. The zero-order chi connectivity index (χ0) is 12.3. The van der Waals surface area contributed by atoms with E-state index < -0.39 is 0 Å². The lowest BCUT2D eigenvalue weighted by atomic mass is 10.2. The van der Waals surface area contributed by atoms with Crippen molar-refractivity contribution in [1.29, 1.82) is 0 Å². The van der Waals surface area contributed by atoms with Gasteiger partial charge in [-0.15, -0.1) is 0 Å². The first-order chi connectivity index (χ1) is 8.38. The van der Waals surface area contributed by atoms with Gasteiger partial charge in [0.1, 0.15) is 6.10 Å². The molecule has 1 fully saturated rings. The zero-order valence-electron chi connectivity index (χ0n) is 10.7. The summed E-state index contributed by atoms with van der Waals surface area (Å²) in [5.41, 5.74) is 0. The van der Waals surface area contributed by atoms with Crippen molar-refractivity contribution in [3.8, 4) is 0 Å². The zero-order valence-corrected chi connectivity index (χ0v) is 11.7. The largest absolute Gasteiger partial charge is 0.394 e. The Morgan fingerprint density at radius 3 is 2.88 bits per heavy atom. The van der Waals surface area contributed by atoms with Crippen molar-refractivity contribution in [1.82, 2.24) is 0 Å². The molecule has 1 aliphatic heterocycles. The van der Waals surface area contributed by atoms with Crippen LogP contribution >= 0.6 is 9.03 Å².